The number of rotatable bonds is 6. The van der Waals surface area contributed by atoms with Gasteiger partial charge in [0.1, 0.15) is 5.75 Å². The maximum absolute atomic E-state index is 13.8. The van der Waals surface area contributed by atoms with Crippen LogP contribution in [-0.4, -0.2) is 41.9 Å². The second-order valence-electron chi connectivity index (χ2n) is 11.2. The number of ketones is 1. The van der Waals surface area contributed by atoms with Gasteiger partial charge in [-0.1, -0.05) is 37.3 Å². The lowest BCUT2D eigenvalue weighted by Crippen LogP contribution is -2.52. The fourth-order valence-corrected chi connectivity index (χ4v) is 7.18. The van der Waals surface area contributed by atoms with Crippen LogP contribution >= 0.6 is 0 Å². The van der Waals surface area contributed by atoms with Crippen LogP contribution in [0.5, 0.6) is 5.75 Å². The minimum atomic E-state index is -1.15. The number of fused-ring (bicyclic) bond motifs is 4. The molecule has 1 saturated heterocycles. The van der Waals surface area contributed by atoms with E-state index >= 15 is 0 Å². The van der Waals surface area contributed by atoms with Crippen LogP contribution < -0.4 is 4.74 Å². The molecule has 5 atom stereocenters. The number of carbonyl (C=O) groups is 1. The van der Waals surface area contributed by atoms with E-state index in [0.29, 0.717) is 38.2 Å². The van der Waals surface area contributed by atoms with Crippen LogP contribution in [0.3, 0.4) is 0 Å². The summed E-state index contributed by atoms with van der Waals surface area (Å²) in [6.07, 6.45) is 7.73. The molecule has 0 bridgehead atoms. The summed E-state index contributed by atoms with van der Waals surface area (Å²) >= 11 is 0. The maximum atomic E-state index is 13.8. The van der Waals surface area contributed by atoms with Crippen LogP contribution in [0.25, 0.3) is 0 Å². The standard InChI is InChI=1S/C30H38O5/c1-19(12-14-31)17-30(33)13-11-20-5-4-6-24(20)27-25(32)15-22-16-26(35-18-29(22,2)28(27)30)21-7-9-23(34-3)10-8-21/h6-10,20,22,26,31,33H,1,4-5,11-18H2,2-3H3. The molecule has 35 heavy (non-hydrogen) atoms. The Bertz CT molecular complexity index is 1070. The van der Waals surface area contributed by atoms with E-state index in [-0.39, 0.29) is 24.4 Å². The van der Waals surface area contributed by atoms with Crippen molar-refractivity contribution in [1.29, 1.82) is 0 Å². The quantitative estimate of drug-likeness (QED) is 0.547. The van der Waals surface area contributed by atoms with Gasteiger partial charge in [0.15, 0.2) is 5.78 Å². The van der Waals surface area contributed by atoms with Crippen molar-refractivity contribution in [2.45, 2.75) is 70.0 Å². The minimum absolute atomic E-state index is 0.0140. The summed E-state index contributed by atoms with van der Waals surface area (Å²) in [5, 5.41) is 21.8. The van der Waals surface area contributed by atoms with Crippen molar-refractivity contribution in [1.82, 2.24) is 0 Å². The Kier molecular flexibility index (Phi) is 6.54. The van der Waals surface area contributed by atoms with Gasteiger partial charge in [-0.05, 0) is 79.2 Å². The number of aliphatic hydroxyl groups is 2. The zero-order valence-electron chi connectivity index (χ0n) is 21.0. The van der Waals surface area contributed by atoms with Crippen LogP contribution in [0.2, 0.25) is 0 Å². The minimum Gasteiger partial charge on any atom is -0.497 e. The number of allylic oxidation sites excluding steroid dienone is 3. The Labute approximate surface area is 208 Å². The van der Waals surface area contributed by atoms with Crippen LogP contribution in [0.15, 0.2) is 59.2 Å². The first-order chi connectivity index (χ1) is 16.8. The third-order valence-electron chi connectivity index (χ3n) is 8.99. The van der Waals surface area contributed by atoms with E-state index in [1.165, 1.54) is 0 Å². The summed E-state index contributed by atoms with van der Waals surface area (Å²) in [4.78, 5) is 13.8. The predicted octanol–water partition coefficient (Wildman–Crippen LogP) is 5.24. The van der Waals surface area contributed by atoms with E-state index in [9.17, 15) is 15.0 Å². The fraction of sp³-hybridized carbons (Fsp3) is 0.567. The van der Waals surface area contributed by atoms with Crippen LogP contribution in [-0.2, 0) is 9.53 Å². The van der Waals surface area contributed by atoms with Crippen molar-refractivity contribution in [2.75, 3.05) is 20.3 Å². The molecule has 0 amide bonds. The number of hydrogen-bond acceptors (Lipinski definition) is 5. The molecule has 3 aliphatic carbocycles. The van der Waals surface area contributed by atoms with Gasteiger partial charge in [-0.2, -0.15) is 0 Å². The third-order valence-corrected chi connectivity index (χ3v) is 8.99. The van der Waals surface area contributed by atoms with E-state index in [1.54, 1.807) is 7.11 Å². The zero-order valence-corrected chi connectivity index (χ0v) is 21.0. The predicted molar refractivity (Wildman–Crippen MR) is 135 cm³/mol. The monoisotopic (exact) mass is 478 g/mol. The molecule has 5 heteroatoms. The van der Waals surface area contributed by atoms with Crippen molar-refractivity contribution < 1.29 is 24.5 Å². The van der Waals surface area contributed by atoms with Gasteiger partial charge in [0, 0.05) is 30.4 Å². The molecule has 0 saturated carbocycles. The maximum Gasteiger partial charge on any atom is 0.163 e. The highest BCUT2D eigenvalue weighted by atomic mass is 16.5. The van der Waals surface area contributed by atoms with Gasteiger partial charge in [-0.25, -0.2) is 0 Å². The van der Waals surface area contributed by atoms with Gasteiger partial charge in [0.05, 0.1) is 25.4 Å². The zero-order chi connectivity index (χ0) is 24.8. The largest absolute Gasteiger partial charge is 0.497 e. The molecule has 1 fully saturated rings. The van der Waals surface area contributed by atoms with E-state index in [0.717, 1.165) is 59.3 Å². The van der Waals surface area contributed by atoms with E-state index in [4.69, 9.17) is 9.47 Å². The Morgan fingerprint density at radius 2 is 2.03 bits per heavy atom. The fourth-order valence-electron chi connectivity index (χ4n) is 7.18. The molecule has 188 valence electrons. The van der Waals surface area contributed by atoms with Crippen LogP contribution in [0, 0.1) is 17.3 Å². The van der Waals surface area contributed by atoms with Gasteiger partial charge < -0.3 is 19.7 Å². The van der Waals surface area contributed by atoms with Gasteiger partial charge >= 0.3 is 0 Å². The average Bonchev–Trinajstić information content (AvgIpc) is 3.26. The summed E-state index contributed by atoms with van der Waals surface area (Å²) < 4.78 is 11.8. The van der Waals surface area contributed by atoms with Crippen molar-refractivity contribution in [3.8, 4) is 5.75 Å². The highest BCUT2D eigenvalue weighted by molar-refractivity contribution is 6.02. The summed E-state index contributed by atoms with van der Waals surface area (Å²) in [6, 6.07) is 7.97. The number of ether oxygens (including phenoxy) is 2. The lowest BCUT2D eigenvalue weighted by molar-refractivity contribution is -0.129. The Balaban J connectivity index is 1.55. The molecule has 5 nitrogen and oxygen atoms in total. The Morgan fingerprint density at radius 1 is 1.26 bits per heavy atom. The van der Waals surface area contributed by atoms with Crippen molar-refractivity contribution in [3.05, 3.63) is 64.8 Å². The first kappa shape index (κ1) is 24.5. The van der Waals surface area contributed by atoms with Gasteiger partial charge in [-0.15, -0.1) is 0 Å². The SMILES string of the molecule is C=C(CCO)CC1(O)CCC2CCC=C2C2=C1C1(C)COC(c3ccc(OC)cc3)CC1CC2=O. The normalized spacial score (nSPS) is 34.5. The summed E-state index contributed by atoms with van der Waals surface area (Å²) in [5.41, 5.74) is 3.17. The summed E-state index contributed by atoms with van der Waals surface area (Å²) in [7, 11) is 1.66. The first-order valence-electron chi connectivity index (χ1n) is 13.0. The van der Waals surface area contributed by atoms with E-state index in [2.05, 4.69) is 19.6 Å². The third kappa shape index (κ3) is 4.22. The highest BCUT2D eigenvalue weighted by Gasteiger charge is 2.57. The number of aliphatic hydroxyl groups excluding tert-OH is 1. The highest BCUT2D eigenvalue weighted by Crippen LogP contribution is 2.60. The molecule has 1 aromatic carbocycles. The number of benzene rings is 1. The number of hydrogen-bond donors (Lipinski definition) is 2. The second-order valence-corrected chi connectivity index (χ2v) is 11.2. The van der Waals surface area contributed by atoms with Gasteiger partial charge in [0.25, 0.3) is 0 Å². The van der Waals surface area contributed by atoms with E-state index in [1.807, 2.05) is 24.3 Å². The van der Waals surface area contributed by atoms with Crippen molar-refractivity contribution in [3.63, 3.8) is 0 Å². The molecule has 2 N–H and O–H groups in total. The first-order valence-corrected chi connectivity index (χ1v) is 13.0. The smallest absolute Gasteiger partial charge is 0.163 e. The number of methoxy groups -OCH3 is 1. The Morgan fingerprint density at radius 3 is 2.74 bits per heavy atom. The summed E-state index contributed by atoms with van der Waals surface area (Å²) in [6.45, 7) is 6.83. The van der Waals surface area contributed by atoms with E-state index < -0.39 is 11.0 Å². The van der Waals surface area contributed by atoms with Crippen molar-refractivity contribution in [2.24, 2.45) is 17.3 Å². The van der Waals surface area contributed by atoms with Gasteiger partial charge in [-0.3, -0.25) is 4.79 Å². The molecular formula is C30H38O5. The molecule has 0 spiro atoms. The van der Waals surface area contributed by atoms with Crippen LogP contribution in [0.1, 0.15) is 70.0 Å². The van der Waals surface area contributed by atoms with Crippen LogP contribution in [0.4, 0.5) is 0 Å². The molecule has 1 aromatic rings. The molecule has 5 unspecified atom stereocenters. The van der Waals surface area contributed by atoms with Crippen molar-refractivity contribution >= 4 is 5.78 Å². The van der Waals surface area contributed by atoms with Gasteiger partial charge in [0.2, 0.25) is 0 Å². The molecule has 0 aromatic heterocycles. The summed E-state index contributed by atoms with van der Waals surface area (Å²) in [5.74, 6) is 1.40. The Hall–Kier alpha value is -2.21. The lowest BCUT2D eigenvalue weighted by Gasteiger charge is -2.53. The lowest BCUT2D eigenvalue weighted by atomic mass is 9.56. The molecule has 1 aliphatic heterocycles. The topological polar surface area (TPSA) is 76.0 Å². The second kappa shape index (κ2) is 9.34. The molecule has 1 heterocycles. The molecular weight excluding hydrogens is 440 g/mol. The molecule has 0 radical (unpaired) electrons. The molecule has 5 rings (SSSR count). The number of Topliss-reactive ketones (excluding diaryl/α,β-unsaturated/α-hetero) is 1. The average molecular weight is 479 g/mol. The molecule has 4 aliphatic rings. The number of carbonyl (C=O) groups excluding carboxylic acids is 1.